The molecule has 0 unspecified atom stereocenters. The number of nitrogen functional groups attached to an aromatic ring is 1. The molecule has 0 atom stereocenters. The van der Waals surface area contributed by atoms with E-state index in [1.807, 2.05) is 0 Å². The Hall–Kier alpha value is -1.89. The standard InChI is InChI=1S/CH3N5.2N3.Zn/c2-1-3-5-6-4-1;2*1-3-2;/h(H3,2,3,4,5,6);;;/q;2*-1;+2. The molecule has 1 aromatic rings. The van der Waals surface area contributed by atoms with E-state index in [1.165, 1.54) is 9.82 Å². The van der Waals surface area contributed by atoms with Gasteiger partial charge in [-0.2, -0.15) is 5.21 Å². The van der Waals surface area contributed by atoms with Gasteiger partial charge in [-0.05, 0) is 5.21 Å². The van der Waals surface area contributed by atoms with Gasteiger partial charge in [-0.3, -0.25) is 9.82 Å². The van der Waals surface area contributed by atoms with Crippen LogP contribution in [0.25, 0.3) is 31.9 Å². The summed E-state index contributed by atoms with van der Waals surface area (Å²) in [5.41, 5.74) is 32.0. The van der Waals surface area contributed by atoms with Crippen molar-refractivity contribution in [1.82, 2.24) is 20.6 Å². The van der Waals surface area contributed by atoms with Crippen molar-refractivity contribution in [2.24, 2.45) is 0 Å². The van der Waals surface area contributed by atoms with Crippen molar-refractivity contribution in [2.45, 2.75) is 0 Å². The molecule has 12 heteroatoms. The predicted molar refractivity (Wildman–Crippen MR) is 38.7 cm³/mol. The van der Waals surface area contributed by atoms with Crippen LogP contribution in [0.2, 0.25) is 0 Å². The van der Waals surface area contributed by atoms with E-state index < -0.39 is 0 Å². The second kappa shape index (κ2) is 16.6. The number of nitrogens with two attached hydrogens (primary N) is 1. The molecule has 1 heterocycles. The van der Waals surface area contributed by atoms with Crippen LogP contribution in [-0.4, -0.2) is 20.6 Å². The average molecular weight is 235 g/mol. The third-order valence-electron chi connectivity index (χ3n) is 0.362. The number of nitrogens with zero attached hydrogens (tertiary/aromatic N) is 9. The first-order valence-corrected chi connectivity index (χ1v) is 2.18. The number of aromatic amines is 1. The van der Waals surface area contributed by atoms with Gasteiger partial charge in [0, 0.05) is 0 Å². The molecule has 0 aliphatic carbocycles. The first-order chi connectivity index (χ1) is 5.72. The zero-order chi connectivity index (χ0) is 9.82. The van der Waals surface area contributed by atoms with Crippen LogP contribution in [-0.2, 0) is 19.5 Å². The maximum absolute atomic E-state index is 6.75. The summed E-state index contributed by atoms with van der Waals surface area (Å²) in [4.78, 5) is 3.00. The number of tetrazole rings is 1. The number of hydrogen-bond donors (Lipinski definition) is 2. The van der Waals surface area contributed by atoms with Crippen molar-refractivity contribution < 1.29 is 19.5 Å². The fourth-order valence-corrected chi connectivity index (χ4v) is 0.170. The van der Waals surface area contributed by atoms with E-state index in [0.717, 1.165) is 0 Å². The summed E-state index contributed by atoms with van der Waals surface area (Å²) in [6, 6.07) is 0. The van der Waals surface area contributed by atoms with Crippen molar-refractivity contribution in [3.8, 4) is 0 Å². The van der Waals surface area contributed by atoms with Crippen molar-refractivity contribution in [1.29, 1.82) is 0 Å². The number of aromatic nitrogens is 4. The van der Waals surface area contributed by atoms with Gasteiger partial charge in [0.25, 0.3) is 5.95 Å². The van der Waals surface area contributed by atoms with Crippen molar-refractivity contribution in [3.63, 3.8) is 0 Å². The Balaban J connectivity index is -0.000000126. The molecule has 0 saturated carbocycles. The van der Waals surface area contributed by atoms with Crippen LogP contribution in [0, 0.1) is 0 Å². The Labute approximate surface area is 84.3 Å². The Morgan fingerprint density at radius 1 is 1.15 bits per heavy atom. The Morgan fingerprint density at radius 2 is 1.54 bits per heavy atom. The third-order valence-corrected chi connectivity index (χ3v) is 0.362. The number of rotatable bonds is 0. The zero-order valence-corrected chi connectivity index (χ0v) is 9.28. The molecule has 1 rings (SSSR count). The summed E-state index contributed by atoms with van der Waals surface area (Å²) in [5, 5.41) is 12.0. The van der Waals surface area contributed by atoms with Crippen LogP contribution < -0.4 is 5.73 Å². The molecule has 0 aromatic carbocycles. The zero-order valence-electron chi connectivity index (χ0n) is 6.31. The quantitative estimate of drug-likeness (QED) is 0.285. The normalized spacial score (nSPS) is 5.23. The second-order valence-corrected chi connectivity index (χ2v) is 0.949. The third kappa shape index (κ3) is 25.5. The Bertz CT molecular complexity index is 223. The number of hydrogen-bond acceptors (Lipinski definition) is 4. The van der Waals surface area contributed by atoms with Gasteiger partial charge < -0.3 is 27.9 Å². The molecule has 1 aromatic heterocycles. The maximum Gasteiger partial charge on any atom is 2.00 e. The predicted octanol–water partition coefficient (Wildman–Crippen LogP) is 0.512. The summed E-state index contributed by atoms with van der Waals surface area (Å²) in [6.07, 6.45) is 0. The minimum absolute atomic E-state index is 0. The average Bonchev–Trinajstić information content (AvgIpc) is 2.43. The monoisotopic (exact) mass is 233 g/mol. The molecule has 0 saturated heterocycles. The van der Waals surface area contributed by atoms with Crippen LogP contribution in [0.4, 0.5) is 5.95 Å². The van der Waals surface area contributed by atoms with Crippen molar-refractivity contribution in [2.75, 3.05) is 5.73 Å². The maximum atomic E-state index is 6.75. The van der Waals surface area contributed by atoms with Crippen LogP contribution in [0.1, 0.15) is 0 Å². The summed E-state index contributed by atoms with van der Waals surface area (Å²) >= 11 is 0. The molecular weight excluding hydrogens is 231 g/mol. The molecular formula is CH3N11Zn. The van der Waals surface area contributed by atoms with Crippen molar-refractivity contribution >= 4 is 5.95 Å². The van der Waals surface area contributed by atoms with Gasteiger partial charge in [0.05, 0.1) is 0 Å². The number of nitrogens with one attached hydrogen (secondary N) is 1. The second-order valence-electron chi connectivity index (χ2n) is 0.949. The van der Waals surface area contributed by atoms with Gasteiger partial charge in [0.15, 0.2) is 0 Å². The molecule has 0 fully saturated rings. The van der Waals surface area contributed by atoms with Gasteiger partial charge in [0.2, 0.25) is 0 Å². The van der Waals surface area contributed by atoms with E-state index in [-0.39, 0.29) is 25.4 Å². The molecule has 0 bridgehead atoms. The number of anilines is 1. The van der Waals surface area contributed by atoms with E-state index in [9.17, 15) is 0 Å². The summed E-state index contributed by atoms with van der Waals surface area (Å²) in [7, 11) is 0. The molecule has 0 aliphatic rings. The van der Waals surface area contributed by atoms with E-state index in [0.29, 0.717) is 0 Å². The van der Waals surface area contributed by atoms with Crippen LogP contribution in [0.3, 0.4) is 0 Å². The topological polar surface area (TPSA) is 198 Å². The van der Waals surface area contributed by atoms with Gasteiger partial charge in [0.1, 0.15) is 0 Å². The molecule has 0 radical (unpaired) electrons. The minimum atomic E-state index is 0. The minimum Gasteiger partial charge on any atom is -0.373 e. The SMILES string of the molecule is Nc1nn[nH]n1.[N-]=[N+]=[N-].[N-]=[N+]=[N-].[Zn+2]. The van der Waals surface area contributed by atoms with Crippen LogP contribution >= 0.6 is 0 Å². The van der Waals surface area contributed by atoms with Crippen LogP contribution in [0.15, 0.2) is 0 Å². The summed E-state index contributed by atoms with van der Waals surface area (Å²) in [6.45, 7) is 0. The molecule has 3 N–H and O–H groups in total. The van der Waals surface area contributed by atoms with Gasteiger partial charge in [-0.1, -0.05) is 5.10 Å². The van der Waals surface area contributed by atoms with E-state index >= 15 is 0 Å². The first kappa shape index (κ1) is 17.3. The Kier molecular flexibility index (Phi) is 22.0. The molecule has 0 amide bonds. The fraction of sp³-hybridized carbons (Fsp3) is 0. The molecule has 11 nitrogen and oxygen atoms in total. The largest absolute Gasteiger partial charge is 2.00 e. The van der Waals surface area contributed by atoms with Crippen LogP contribution in [0.5, 0.6) is 0 Å². The van der Waals surface area contributed by atoms with Crippen molar-refractivity contribution in [3.05, 3.63) is 31.9 Å². The van der Waals surface area contributed by atoms with Gasteiger partial charge in [-0.25, -0.2) is 0 Å². The van der Waals surface area contributed by atoms with Gasteiger partial charge >= 0.3 is 19.5 Å². The smallest absolute Gasteiger partial charge is 0.373 e. The van der Waals surface area contributed by atoms with E-state index in [1.54, 1.807) is 0 Å². The fourth-order valence-electron chi connectivity index (χ4n) is 0.170. The number of H-pyrrole nitrogens is 1. The summed E-state index contributed by atoms with van der Waals surface area (Å²) < 4.78 is 0. The van der Waals surface area contributed by atoms with E-state index in [4.69, 9.17) is 27.9 Å². The molecule has 13 heavy (non-hydrogen) atoms. The Morgan fingerprint density at radius 3 is 1.62 bits per heavy atom. The summed E-state index contributed by atoms with van der Waals surface area (Å²) in [5.74, 6) is 0.176. The molecule has 64 valence electrons. The molecule has 0 aliphatic heterocycles. The van der Waals surface area contributed by atoms with Gasteiger partial charge in [-0.15, -0.1) is 5.10 Å². The first-order valence-electron chi connectivity index (χ1n) is 2.18. The molecule has 0 spiro atoms. The van der Waals surface area contributed by atoms with E-state index in [2.05, 4.69) is 20.6 Å².